The molecule has 1 aliphatic heterocycles. The van der Waals surface area contributed by atoms with E-state index in [9.17, 15) is 8.42 Å². The number of nitrogens with zero attached hydrogens (tertiary/aromatic N) is 1. The van der Waals surface area contributed by atoms with Crippen molar-refractivity contribution >= 4 is 10.0 Å². The first-order valence-corrected chi connectivity index (χ1v) is 9.14. The Morgan fingerprint density at radius 1 is 1.38 bits per heavy atom. The van der Waals surface area contributed by atoms with Gasteiger partial charge in [-0.2, -0.15) is 4.31 Å². The van der Waals surface area contributed by atoms with Gasteiger partial charge in [0.25, 0.3) is 0 Å². The van der Waals surface area contributed by atoms with Crippen LogP contribution in [0.4, 0.5) is 0 Å². The van der Waals surface area contributed by atoms with Crippen LogP contribution in [0.5, 0.6) is 0 Å². The third-order valence-corrected chi connectivity index (χ3v) is 6.05. The zero-order chi connectivity index (χ0) is 15.5. The number of hydrogen-bond donors (Lipinski definition) is 1. The summed E-state index contributed by atoms with van der Waals surface area (Å²) >= 11 is 0. The topological polar surface area (TPSA) is 49.4 Å². The fourth-order valence-corrected chi connectivity index (χ4v) is 4.65. The van der Waals surface area contributed by atoms with Crippen molar-refractivity contribution in [1.82, 2.24) is 9.62 Å². The summed E-state index contributed by atoms with van der Waals surface area (Å²) in [7, 11) is -3.42. The first kappa shape index (κ1) is 16.5. The molecule has 1 heterocycles. The van der Waals surface area contributed by atoms with Crippen LogP contribution in [0.15, 0.2) is 29.2 Å². The van der Waals surface area contributed by atoms with E-state index < -0.39 is 10.0 Å². The van der Waals surface area contributed by atoms with E-state index in [2.05, 4.69) is 5.32 Å². The molecule has 1 atom stereocenters. The molecular formula is C16H26N2O2S. The van der Waals surface area contributed by atoms with Crippen LogP contribution in [0.2, 0.25) is 0 Å². The van der Waals surface area contributed by atoms with Crippen molar-refractivity contribution in [3.8, 4) is 0 Å². The number of benzene rings is 1. The third-order valence-electron chi connectivity index (χ3n) is 4.01. The molecule has 1 aromatic rings. The van der Waals surface area contributed by atoms with Crippen molar-refractivity contribution < 1.29 is 8.42 Å². The second kappa shape index (κ2) is 6.90. The van der Waals surface area contributed by atoms with E-state index >= 15 is 0 Å². The summed E-state index contributed by atoms with van der Waals surface area (Å²) in [6, 6.07) is 7.14. The van der Waals surface area contributed by atoms with Crippen molar-refractivity contribution in [2.75, 3.05) is 19.6 Å². The van der Waals surface area contributed by atoms with Crippen molar-refractivity contribution in [2.45, 2.75) is 44.6 Å². The molecule has 0 spiro atoms. The molecule has 1 aliphatic rings. The maximum Gasteiger partial charge on any atom is 0.243 e. The Kier molecular flexibility index (Phi) is 5.41. The number of rotatable bonds is 5. The lowest BCUT2D eigenvalue weighted by molar-refractivity contribution is 0.264. The molecule has 118 valence electrons. The molecule has 2 rings (SSSR count). The zero-order valence-electron chi connectivity index (χ0n) is 13.2. The fraction of sp³-hybridized carbons (Fsp3) is 0.625. The molecular weight excluding hydrogens is 284 g/mol. The Balaban J connectivity index is 2.23. The Morgan fingerprint density at radius 2 is 2.14 bits per heavy atom. The Hall–Kier alpha value is -0.910. The maximum absolute atomic E-state index is 12.9. The first-order chi connectivity index (χ1) is 9.91. The molecule has 1 unspecified atom stereocenters. The average Bonchev–Trinajstić information content (AvgIpc) is 2.45. The standard InChI is InChI=1S/C16H26N2O2S/c1-13(2)18(12-15-7-5-9-17-11-15)21(19,20)16-8-4-6-14(3)10-16/h4,6,8,10,13,15,17H,5,7,9,11-12H2,1-3H3. The highest BCUT2D eigenvalue weighted by Gasteiger charge is 2.29. The highest BCUT2D eigenvalue weighted by atomic mass is 32.2. The molecule has 5 heteroatoms. The van der Waals surface area contributed by atoms with Crippen LogP contribution in [-0.2, 0) is 10.0 Å². The van der Waals surface area contributed by atoms with Gasteiger partial charge in [-0.25, -0.2) is 8.42 Å². The number of hydrogen-bond acceptors (Lipinski definition) is 3. The van der Waals surface area contributed by atoms with E-state index in [-0.39, 0.29) is 6.04 Å². The van der Waals surface area contributed by atoms with E-state index in [0.29, 0.717) is 17.4 Å². The van der Waals surface area contributed by atoms with Gasteiger partial charge in [0, 0.05) is 12.6 Å². The highest BCUT2D eigenvalue weighted by molar-refractivity contribution is 7.89. The van der Waals surface area contributed by atoms with E-state index in [1.54, 1.807) is 16.4 Å². The Labute approximate surface area is 128 Å². The van der Waals surface area contributed by atoms with Gasteiger partial charge in [0.15, 0.2) is 0 Å². The molecule has 1 aromatic carbocycles. The SMILES string of the molecule is Cc1cccc(S(=O)(=O)N(CC2CCCNC2)C(C)C)c1. The quantitative estimate of drug-likeness (QED) is 0.908. The maximum atomic E-state index is 12.9. The summed E-state index contributed by atoms with van der Waals surface area (Å²) < 4.78 is 27.5. The van der Waals surface area contributed by atoms with Crippen LogP contribution in [0, 0.1) is 12.8 Å². The lowest BCUT2D eigenvalue weighted by atomic mass is 9.99. The highest BCUT2D eigenvalue weighted by Crippen LogP contribution is 2.22. The molecule has 4 nitrogen and oxygen atoms in total. The lowest BCUT2D eigenvalue weighted by Gasteiger charge is -2.32. The van der Waals surface area contributed by atoms with Gasteiger partial charge >= 0.3 is 0 Å². The van der Waals surface area contributed by atoms with E-state index in [1.807, 2.05) is 32.9 Å². The van der Waals surface area contributed by atoms with Crippen LogP contribution in [0.1, 0.15) is 32.3 Å². The summed E-state index contributed by atoms with van der Waals surface area (Å²) in [4.78, 5) is 0.403. The average molecular weight is 310 g/mol. The monoisotopic (exact) mass is 310 g/mol. The molecule has 0 aliphatic carbocycles. The minimum absolute atomic E-state index is 0.0301. The molecule has 1 fully saturated rings. The summed E-state index contributed by atoms with van der Waals surface area (Å²) in [6.07, 6.45) is 2.22. The van der Waals surface area contributed by atoms with Crippen LogP contribution in [0.3, 0.4) is 0 Å². The molecule has 0 aromatic heterocycles. The molecule has 21 heavy (non-hydrogen) atoms. The van der Waals surface area contributed by atoms with Gasteiger partial charge < -0.3 is 5.32 Å². The second-order valence-electron chi connectivity index (χ2n) is 6.20. The lowest BCUT2D eigenvalue weighted by Crippen LogP contribution is -2.44. The van der Waals surface area contributed by atoms with E-state index in [0.717, 1.165) is 31.5 Å². The molecule has 0 amide bonds. The predicted molar refractivity (Wildman–Crippen MR) is 85.8 cm³/mol. The number of sulfonamides is 1. The van der Waals surface area contributed by atoms with Crippen LogP contribution in [0.25, 0.3) is 0 Å². The van der Waals surface area contributed by atoms with Crippen molar-refractivity contribution in [2.24, 2.45) is 5.92 Å². The predicted octanol–water partition coefficient (Wildman–Crippen LogP) is 2.39. The summed E-state index contributed by atoms with van der Waals surface area (Å²) in [5.41, 5.74) is 0.971. The van der Waals surface area contributed by atoms with E-state index in [4.69, 9.17) is 0 Å². The molecule has 0 bridgehead atoms. The van der Waals surface area contributed by atoms with Crippen LogP contribution >= 0.6 is 0 Å². The van der Waals surface area contributed by atoms with Crippen LogP contribution in [-0.4, -0.2) is 38.4 Å². The number of aryl methyl sites for hydroxylation is 1. The smallest absolute Gasteiger partial charge is 0.243 e. The van der Waals surface area contributed by atoms with Crippen molar-refractivity contribution in [3.63, 3.8) is 0 Å². The van der Waals surface area contributed by atoms with Gasteiger partial charge in [0.1, 0.15) is 0 Å². The van der Waals surface area contributed by atoms with Gasteiger partial charge in [-0.05, 0) is 70.3 Å². The van der Waals surface area contributed by atoms with Crippen molar-refractivity contribution in [1.29, 1.82) is 0 Å². The van der Waals surface area contributed by atoms with Crippen molar-refractivity contribution in [3.05, 3.63) is 29.8 Å². The van der Waals surface area contributed by atoms with Gasteiger partial charge in [0.05, 0.1) is 4.90 Å². The Morgan fingerprint density at radius 3 is 2.71 bits per heavy atom. The van der Waals surface area contributed by atoms with Gasteiger partial charge in [-0.3, -0.25) is 0 Å². The summed E-state index contributed by atoms with van der Waals surface area (Å²) in [6.45, 7) is 8.37. The first-order valence-electron chi connectivity index (χ1n) is 7.70. The number of piperidine rings is 1. The summed E-state index contributed by atoms with van der Waals surface area (Å²) in [5, 5.41) is 3.36. The van der Waals surface area contributed by atoms with Crippen LogP contribution < -0.4 is 5.32 Å². The largest absolute Gasteiger partial charge is 0.316 e. The minimum Gasteiger partial charge on any atom is -0.316 e. The van der Waals surface area contributed by atoms with Gasteiger partial charge in [-0.15, -0.1) is 0 Å². The Bertz CT molecular complexity index is 563. The fourth-order valence-electron chi connectivity index (χ4n) is 2.83. The second-order valence-corrected chi connectivity index (χ2v) is 8.09. The molecule has 1 N–H and O–H groups in total. The van der Waals surface area contributed by atoms with Gasteiger partial charge in [-0.1, -0.05) is 12.1 Å². The zero-order valence-corrected chi connectivity index (χ0v) is 14.0. The van der Waals surface area contributed by atoms with E-state index in [1.165, 1.54) is 0 Å². The molecule has 0 radical (unpaired) electrons. The summed E-state index contributed by atoms with van der Waals surface area (Å²) in [5.74, 6) is 0.403. The minimum atomic E-state index is -3.42. The molecule has 1 saturated heterocycles. The van der Waals surface area contributed by atoms with Gasteiger partial charge in [0.2, 0.25) is 10.0 Å². The molecule has 0 saturated carbocycles. The number of nitrogens with one attached hydrogen (secondary N) is 1. The normalized spacial score (nSPS) is 20.1. The third kappa shape index (κ3) is 4.05.